The molecule has 0 radical (unpaired) electrons. The van der Waals surface area contributed by atoms with Crippen LogP contribution in [0.5, 0.6) is 0 Å². The van der Waals surface area contributed by atoms with Crippen LogP contribution in [0, 0.1) is 0 Å². The Morgan fingerprint density at radius 3 is 2.89 bits per heavy atom. The lowest BCUT2D eigenvalue weighted by molar-refractivity contribution is 0.125. The van der Waals surface area contributed by atoms with E-state index in [4.69, 9.17) is 9.57 Å². The van der Waals surface area contributed by atoms with Gasteiger partial charge in [-0.3, -0.25) is 0 Å². The normalized spacial score (nSPS) is 22.7. The van der Waals surface area contributed by atoms with Gasteiger partial charge < -0.3 is 9.57 Å². The summed E-state index contributed by atoms with van der Waals surface area (Å²) in [6.07, 6.45) is 1.12. The summed E-state index contributed by atoms with van der Waals surface area (Å²) in [5.41, 5.74) is 3.58. The molecule has 90 valence electrons. The van der Waals surface area contributed by atoms with Gasteiger partial charge in [-0.05, 0) is 16.3 Å². The van der Waals surface area contributed by atoms with E-state index in [1.807, 2.05) is 0 Å². The lowest BCUT2D eigenvalue weighted by Crippen LogP contribution is -2.02. The first-order valence-corrected chi connectivity index (χ1v) is 6.23. The third-order valence-electron chi connectivity index (χ3n) is 3.50. The van der Waals surface area contributed by atoms with Crippen LogP contribution < -0.4 is 0 Å². The van der Waals surface area contributed by atoms with Gasteiger partial charge in [0.05, 0.1) is 12.3 Å². The van der Waals surface area contributed by atoms with Crippen molar-refractivity contribution < 1.29 is 9.57 Å². The van der Waals surface area contributed by atoms with Crippen molar-refractivity contribution in [3.05, 3.63) is 47.5 Å². The van der Waals surface area contributed by atoms with Crippen LogP contribution >= 0.6 is 0 Å². The van der Waals surface area contributed by atoms with Crippen molar-refractivity contribution >= 4 is 16.5 Å². The van der Waals surface area contributed by atoms with Crippen molar-refractivity contribution in [1.82, 2.24) is 0 Å². The molecule has 1 fully saturated rings. The zero-order chi connectivity index (χ0) is 11.9. The zero-order valence-corrected chi connectivity index (χ0v) is 9.93. The minimum atomic E-state index is 0.258. The van der Waals surface area contributed by atoms with Gasteiger partial charge in [-0.15, -0.1) is 0 Å². The fourth-order valence-electron chi connectivity index (χ4n) is 2.53. The lowest BCUT2D eigenvalue weighted by Gasteiger charge is -2.01. The number of hydrogen-bond donors (Lipinski definition) is 0. The van der Waals surface area contributed by atoms with Crippen molar-refractivity contribution in [2.45, 2.75) is 12.5 Å². The summed E-state index contributed by atoms with van der Waals surface area (Å²) in [6, 6.07) is 12.7. The molecular formula is C15H13NO2. The SMILES string of the molecule is c1cc2c3c(cccc3c1)/C(=N\OC[C@@H]1CO1)C2. The highest BCUT2D eigenvalue weighted by Gasteiger charge is 2.24. The van der Waals surface area contributed by atoms with Crippen LogP contribution in [-0.4, -0.2) is 25.0 Å². The maximum atomic E-state index is 5.37. The molecule has 1 saturated heterocycles. The van der Waals surface area contributed by atoms with E-state index in [9.17, 15) is 0 Å². The Morgan fingerprint density at radius 2 is 2.06 bits per heavy atom. The topological polar surface area (TPSA) is 34.1 Å². The van der Waals surface area contributed by atoms with E-state index in [2.05, 4.69) is 41.6 Å². The smallest absolute Gasteiger partial charge is 0.145 e. The van der Waals surface area contributed by atoms with Crippen LogP contribution in [0.4, 0.5) is 0 Å². The van der Waals surface area contributed by atoms with Gasteiger partial charge in [0.25, 0.3) is 0 Å². The number of hydrogen-bond acceptors (Lipinski definition) is 3. The summed E-state index contributed by atoms with van der Waals surface area (Å²) < 4.78 is 5.10. The monoisotopic (exact) mass is 239 g/mol. The number of rotatable bonds is 3. The Hall–Kier alpha value is -1.87. The van der Waals surface area contributed by atoms with E-state index in [-0.39, 0.29) is 6.10 Å². The van der Waals surface area contributed by atoms with Gasteiger partial charge in [0, 0.05) is 12.0 Å². The summed E-state index contributed by atoms with van der Waals surface area (Å²) in [5.74, 6) is 0. The summed E-state index contributed by atoms with van der Waals surface area (Å²) in [6.45, 7) is 1.37. The Balaban J connectivity index is 1.71. The quantitative estimate of drug-likeness (QED) is 0.609. The van der Waals surface area contributed by atoms with Gasteiger partial charge >= 0.3 is 0 Å². The molecule has 4 rings (SSSR count). The summed E-state index contributed by atoms with van der Waals surface area (Å²) in [7, 11) is 0. The molecule has 2 aromatic carbocycles. The fraction of sp³-hybridized carbons (Fsp3) is 0.267. The maximum Gasteiger partial charge on any atom is 0.145 e. The predicted octanol–water partition coefficient (Wildman–Crippen LogP) is 2.52. The predicted molar refractivity (Wildman–Crippen MR) is 69.9 cm³/mol. The summed E-state index contributed by atoms with van der Waals surface area (Å²) in [4.78, 5) is 5.37. The first kappa shape index (κ1) is 10.1. The third-order valence-corrected chi connectivity index (χ3v) is 3.50. The standard InChI is InChI=1S/C15H13NO2/c1-3-10-4-2-6-13-14(7-11(5-1)15(10)13)16-18-9-12-8-17-12/h1-6,12H,7-9H2/b16-14-/t12-/m0/s1. The molecular weight excluding hydrogens is 226 g/mol. The Labute approximate surface area is 105 Å². The number of nitrogens with zero attached hydrogens (tertiary/aromatic N) is 1. The minimum Gasteiger partial charge on any atom is -0.393 e. The van der Waals surface area contributed by atoms with Gasteiger partial charge in [-0.1, -0.05) is 41.6 Å². The highest BCUT2D eigenvalue weighted by atomic mass is 16.7. The molecule has 0 N–H and O–H groups in total. The lowest BCUT2D eigenvalue weighted by atomic mass is 10.1. The van der Waals surface area contributed by atoms with E-state index < -0.39 is 0 Å². The second-order valence-electron chi connectivity index (χ2n) is 4.79. The number of benzene rings is 2. The van der Waals surface area contributed by atoms with Crippen molar-refractivity contribution in [2.75, 3.05) is 13.2 Å². The first-order chi connectivity index (χ1) is 8.92. The Bertz CT molecular complexity index is 639. The van der Waals surface area contributed by atoms with E-state index in [0.29, 0.717) is 6.61 Å². The van der Waals surface area contributed by atoms with Gasteiger partial charge in [0.1, 0.15) is 12.7 Å². The molecule has 1 aliphatic carbocycles. The molecule has 1 aliphatic heterocycles. The van der Waals surface area contributed by atoms with E-state index in [1.165, 1.54) is 21.9 Å². The number of epoxide rings is 1. The molecule has 3 heteroatoms. The molecule has 0 unspecified atom stereocenters. The van der Waals surface area contributed by atoms with E-state index in [0.717, 1.165) is 18.7 Å². The Morgan fingerprint density at radius 1 is 1.22 bits per heavy atom. The largest absolute Gasteiger partial charge is 0.393 e. The second kappa shape index (κ2) is 3.82. The number of ether oxygens (including phenoxy) is 1. The van der Waals surface area contributed by atoms with Crippen LogP contribution in [0.25, 0.3) is 10.8 Å². The van der Waals surface area contributed by atoms with Gasteiger partial charge in [-0.2, -0.15) is 0 Å². The van der Waals surface area contributed by atoms with Gasteiger partial charge in [0.2, 0.25) is 0 Å². The van der Waals surface area contributed by atoms with Crippen LogP contribution in [0.1, 0.15) is 11.1 Å². The molecule has 1 atom stereocenters. The van der Waals surface area contributed by atoms with Gasteiger partial charge in [-0.25, -0.2) is 0 Å². The summed E-state index contributed by atoms with van der Waals surface area (Å²) in [5, 5.41) is 6.88. The third kappa shape index (κ3) is 1.59. The molecule has 3 nitrogen and oxygen atoms in total. The van der Waals surface area contributed by atoms with E-state index >= 15 is 0 Å². The highest BCUT2D eigenvalue weighted by molar-refractivity contribution is 6.17. The fourth-order valence-corrected chi connectivity index (χ4v) is 2.53. The van der Waals surface area contributed by atoms with Crippen LogP contribution in [-0.2, 0) is 16.0 Å². The van der Waals surface area contributed by atoms with Crippen molar-refractivity contribution in [1.29, 1.82) is 0 Å². The molecule has 18 heavy (non-hydrogen) atoms. The molecule has 0 amide bonds. The van der Waals surface area contributed by atoms with Crippen molar-refractivity contribution in [3.63, 3.8) is 0 Å². The molecule has 2 aromatic rings. The maximum absolute atomic E-state index is 5.37. The minimum absolute atomic E-state index is 0.258. The van der Waals surface area contributed by atoms with E-state index in [1.54, 1.807) is 0 Å². The Kier molecular flexibility index (Phi) is 2.14. The molecule has 0 spiro atoms. The van der Waals surface area contributed by atoms with Crippen molar-refractivity contribution in [2.24, 2.45) is 5.16 Å². The van der Waals surface area contributed by atoms with Crippen molar-refractivity contribution in [3.8, 4) is 0 Å². The van der Waals surface area contributed by atoms with Crippen LogP contribution in [0.2, 0.25) is 0 Å². The second-order valence-corrected chi connectivity index (χ2v) is 4.79. The van der Waals surface area contributed by atoms with Crippen LogP contribution in [0.3, 0.4) is 0 Å². The molecule has 0 saturated carbocycles. The molecule has 1 heterocycles. The van der Waals surface area contributed by atoms with Crippen LogP contribution in [0.15, 0.2) is 41.6 Å². The molecule has 2 aliphatic rings. The van der Waals surface area contributed by atoms with Gasteiger partial charge in [0.15, 0.2) is 0 Å². The number of oxime groups is 1. The first-order valence-electron chi connectivity index (χ1n) is 6.23. The molecule has 0 bridgehead atoms. The highest BCUT2D eigenvalue weighted by Crippen LogP contribution is 2.31. The summed E-state index contributed by atoms with van der Waals surface area (Å²) >= 11 is 0. The average Bonchev–Trinajstić information content (AvgIpc) is 3.15. The molecule has 0 aromatic heterocycles. The zero-order valence-electron chi connectivity index (χ0n) is 9.93. The average molecular weight is 239 g/mol.